The Bertz CT molecular complexity index is 297. The van der Waals surface area contributed by atoms with E-state index in [0.29, 0.717) is 12.2 Å². The second kappa shape index (κ2) is 4.72. The van der Waals surface area contributed by atoms with Gasteiger partial charge in [0.1, 0.15) is 6.61 Å². The van der Waals surface area contributed by atoms with Crippen LogP contribution in [0, 0.1) is 6.92 Å². The van der Waals surface area contributed by atoms with Crippen LogP contribution in [0.5, 0.6) is 0 Å². The number of aryl methyl sites for hydroxylation is 1. The predicted octanol–water partition coefficient (Wildman–Crippen LogP) is 1.61. The van der Waals surface area contributed by atoms with Gasteiger partial charge in [0, 0.05) is 24.1 Å². The number of rotatable bonds is 4. The first-order valence-corrected chi connectivity index (χ1v) is 4.27. The van der Waals surface area contributed by atoms with Crippen molar-refractivity contribution in [2.45, 2.75) is 13.8 Å². The van der Waals surface area contributed by atoms with Crippen LogP contribution in [-0.2, 0) is 4.74 Å². The van der Waals surface area contributed by atoms with Gasteiger partial charge in [-0.05, 0) is 26.0 Å². The number of pyridine rings is 1. The van der Waals surface area contributed by atoms with E-state index in [1.54, 1.807) is 18.3 Å². The fourth-order valence-corrected chi connectivity index (χ4v) is 0.997. The normalized spacial score (nSPS) is 10.0. The van der Waals surface area contributed by atoms with Crippen LogP contribution < -0.4 is 0 Å². The van der Waals surface area contributed by atoms with Gasteiger partial charge in [0.15, 0.2) is 5.78 Å². The van der Waals surface area contributed by atoms with Gasteiger partial charge in [0.25, 0.3) is 0 Å². The van der Waals surface area contributed by atoms with E-state index in [4.69, 9.17) is 4.74 Å². The number of hydrogen-bond donors (Lipinski definition) is 0. The summed E-state index contributed by atoms with van der Waals surface area (Å²) in [4.78, 5) is 15.4. The lowest BCUT2D eigenvalue weighted by Gasteiger charge is -2.01. The molecule has 3 heteroatoms. The van der Waals surface area contributed by atoms with Crippen LogP contribution in [0.1, 0.15) is 23.0 Å². The molecule has 0 bridgehead atoms. The zero-order chi connectivity index (χ0) is 9.68. The van der Waals surface area contributed by atoms with Gasteiger partial charge in [-0.2, -0.15) is 0 Å². The molecule has 0 aliphatic carbocycles. The molecule has 0 N–H and O–H groups in total. The summed E-state index contributed by atoms with van der Waals surface area (Å²) in [5.41, 5.74) is 1.52. The fraction of sp³-hybridized carbons (Fsp3) is 0.400. The Morgan fingerprint density at radius 1 is 1.62 bits per heavy atom. The molecule has 13 heavy (non-hydrogen) atoms. The van der Waals surface area contributed by atoms with Crippen LogP contribution in [0.2, 0.25) is 0 Å². The molecular weight excluding hydrogens is 166 g/mol. The molecule has 0 spiro atoms. The summed E-state index contributed by atoms with van der Waals surface area (Å²) in [5.74, 6) is 0.00681. The number of aromatic nitrogens is 1. The van der Waals surface area contributed by atoms with Crippen molar-refractivity contribution in [3.63, 3.8) is 0 Å². The van der Waals surface area contributed by atoms with E-state index in [1.807, 2.05) is 13.8 Å². The summed E-state index contributed by atoms with van der Waals surface area (Å²) in [5, 5.41) is 0. The maximum atomic E-state index is 11.4. The topological polar surface area (TPSA) is 39.2 Å². The minimum atomic E-state index is 0.00681. The number of ketones is 1. The molecule has 0 aliphatic rings. The summed E-state index contributed by atoms with van der Waals surface area (Å²) in [6.45, 7) is 4.44. The first kappa shape index (κ1) is 9.86. The van der Waals surface area contributed by atoms with E-state index in [9.17, 15) is 4.79 Å². The first-order valence-electron chi connectivity index (χ1n) is 4.27. The van der Waals surface area contributed by atoms with Gasteiger partial charge >= 0.3 is 0 Å². The fourth-order valence-electron chi connectivity index (χ4n) is 0.997. The molecule has 1 heterocycles. The van der Waals surface area contributed by atoms with Crippen LogP contribution in [0.15, 0.2) is 18.3 Å². The third kappa shape index (κ3) is 2.95. The van der Waals surface area contributed by atoms with Gasteiger partial charge in [-0.3, -0.25) is 9.78 Å². The second-order valence-electron chi connectivity index (χ2n) is 2.75. The van der Waals surface area contributed by atoms with E-state index < -0.39 is 0 Å². The van der Waals surface area contributed by atoms with Gasteiger partial charge in [0.05, 0.1) is 0 Å². The summed E-state index contributed by atoms with van der Waals surface area (Å²) in [6, 6.07) is 3.47. The van der Waals surface area contributed by atoms with Crippen molar-refractivity contribution in [3.05, 3.63) is 29.6 Å². The number of carbonyl (C=O) groups excluding carboxylic acids is 1. The molecule has 0 aromatic carbocycles. The van der Waals surface area contributed by atoms with Crippen LogP contribution in [0.4, 0.5) is 0 Å². The zero-order valence-corrected chi connectivity index (χ0v) is 7.91. The Morgan fingerprint density at radius 2 is 2.38 bits per heavy atom. The summed E-state index contributed by atoms with van der Waals surface area (Å²) < 4.78 is 5.02. The van der Waals surface area contributed by atoms with Crippen LogP contribution in [0.25, 0.3) is 0 Å². The summed E-state index contributed by atoms with van der Waals surface area (Å²) >= 11 is 0. The molecule has 0 unspecified atom stereocenters. The standard InChI is InChI=1S/C10H13NO2/c1-3-13-7-10(12)9-4-5-11-8(2)6-9/h4-6H,3,7H2,1-2H3. The van der Waals surface area contributed by atoms with Gasteiger partial charge in [-0.1, -0.05) is 0 Å². The molecular formula is C10H13NO2. The number of hydrogen-bond acceptors (Lipinski definition) is 3. The molecule has 0 saturated carbocycles. The molecule has 1 rings (SSSR count). The second-order valence-corrected chi connectivity index (χ2v) is 2.75. The monoisotopic (exact) mass is 179 g/mol. The van der Waals surface area contributed by atoms with Crippen LogP contribution in [-0.4, -0.2) is 24.0 Å². The van der Waals surface area contributed by atoms with Gasteiger partial charge in [-0.15, -0.1) is 0 Å². The third-order valence-electron chi connectivity index (χ3n) is 1.66. The molecule has 0 amide bonds. The number of ether oxygens (including phenoxy) is 1. The molecule has 0 fully saturated rings. The van der Waals surface area contributed by atoms with Crippen molar-refractivity contribution in [2.24, 2.45) is 0 Å². The average Bonchev–Trinajstić information content (AvgIpc) is 2.14. The molecule has 70 valence electrons. The van der Waals surface area contributed by atoms with Crippen molar-refractivity contribution >= 4 is 5.78 Å². The third-order valence-corrected chi connectivity index (χ3v) is 1.66. The lowest BCUT2D eigenvalue weighted by atomic mass is 10.1. The lowest BCUT2D eigenvalue weighted by Crippen LogP contribution is -2.09. The Hall–Kier alpha value is -1.22. The molecule has 0 saturated heterocycles. The SMILES string of the molecule is CCOCC(=O)c1ccnc(C)c1. The Morgan fingerprint density at radius 3 is 3.00 bits per heavy atom. The van der Waals surface area contributed by atoms with E-state index in [2.05, 4.69) is 4.98 Å². The number of Topliss-reactive ketones (excluding diaryl/α,β-unsaturated/α-hetero) is 1. The summed E-state index contributed by atoms with van der Waals surface area (Å²) in [7, 11) is 0. The molecule has 1 aromatic heterocycles. The van der Waals surface area contributed by atoms with Crippen molar-refractivity contribution in [3.8, 4) is 0 Å². The molecule has 0 aliphatic heterocycles. The molecule has 3 nitrogen and oxygen atoms in total. The average molecular weight is 179 g/mol. The number of nitrogens with zero attached hydrogens (tertiary/aromatic N) is 1. The minimum absolute atomic E-state index is 0.00681. The first-order chi connectivity index (χ1) is 6.24. The maximum Gasteiger partial charge on any atom is 0.188 e. The van der Waals surface area contributed by atoms with Gasteiger partial charge in [-0.25, -0.2) is 0 Å². The van der Waals surface area contributed by atoms with Crippen molar-refractivity contribution < 1.29 is 9.53 Å². The smallest absolute Gasteiger partial charge is 0.188 e. The Balaban J connectivity index is 2.66. The van der Waals surface area contributed by atoms with E-state index in [0.717, 1.165) is 5.69 Å². The minimum Gasteiger partial charge on any atom is -0.374 e. The quantitative estimate of drug-likeness (QED) is 0.659. The van der Waals surface area contributed by atoms with Crippen molar-refractivity contribution in [2.75, 3.05) is 13.2 Å². The highest BCUT2D eigenvalue weighted by Gasteiger charge is 2.04. The van der Waals surface area contributed by atoms with Gasteiger partial charge < -0.3 is 4.74 Å². The zero-order valence-electron chi connectivity index (χ0n) is 7.91. The largest absolute Gasteiger partial charge is 0.374 e. The lowest BCUT2D eigenvalue weighted by molar-refractivity contribution is 0.0783. The van der Waals surface area contributed by atoms with Crippen LogP contribution in [0.3, 0.4) is 0 Å². The van der Waals surface area contributed by atoms with E-state index in [-0.39, 0.29) is 12.4 Å². The van der Waals surface area contributed by atoms with Crippen molar-refractivity contribution in [1.82, 2.24) is 4.98 Å². The highest BCUT2D eigenvalue weighted by atomic mass is 16.5. The Kier molecular flexibility index (Phi) is 3.58. The van der Waals surface area contributed by atoms with E-state index >= 15 is 0 Å². The number of carbonyl (C=O) groups is 1. The van der Waals surface area contributed by atoms with Crippen LogP contribution >= 0.6 is 0 Å². The summed E-state index contributed by atoms with van der Waals surface area (Å²) in [6.07, 6.45) is 1.63. The Labute approximate surface area is 77.8 Å². The highest BCUT2D eigenvalue weighted by molar-refractivity contribution is 5.97. The molecule has 0 radical (unpaired) electrons. The predicted molar refractivity (Wildman–Crippen MR) is 49.8 cm³/mol. The highest BCUT2D eigenvalue weighted by Crippen LogP contribution is 2.01. The maximum absolute atomic E-state index is 11.4. The van der Waals surface area contributed by atoms with Gasteiger partial charge in [0.2, 0.25) is 0 Å². The molecule has 1 aromatic rings. The van der Waals surface area contributed by atoms with E-state index in [1.165, 1.54) is 0 Å². The van der Waals surface area contributed by atoms with Crippen molar-refractivity contribution in [1.29, 1.82) is 0 Å². The molecule has 0 atom stereocenters.